The topological polar surface area (TPSA) is 41.1 Å². The van der Waals surface area contributed by atoms with Crippen molar-refractivity contribution in [3.63, 3.8) is 0 Å². The summed E-state index contributed by atoms with van der Waals surface area (Å²) in [4.78, 5) is 11.4. The first-order valence-corrected chi connectivity index (χ1v) is 9.94. The molecule has 0 saturated carbocycles. The molecular formula is C23H20N4S. The van der Waals surface area contributed by atoms with Crippen molar-refractivity contribution in [1.29, 1.82) is 0 Å². The van der Waals surface area contributed by atoms with E-state index >= 15 is 0 Å². The molecule has 3 heterocycles. The van der Waals surface area contributed by atoms with E-state index in [1.807, 2.05) is 24.5 Å². The van der Waals surface area contributed by atoms with E-state index in [0.717, 1.165) is 52.1 Å². The summed E-state index contributed by atoms with van der Waals surface area (Å²) < 4.78 is 0. The summed E-state index contributed by atoms with van der Waals surface area (Å²) in [6, 6.07) is 20.8. The Kier molecular flexibility index (Phi) is 4.37. The molecule has 138 valence electrons. The molecule has 0 radical (unpaired) electrons. The van der Waals surface area contributed by atoms with Crippen LogP contribution in [-0.2, 0) is 0 Å². The van der Waals surface area contributed by atoms with Crippen molar-refractivity contribution >= 4 is 44.8 Å². The molecule has 2 aromatic heterocycles. The predicted molar refractivity (Wildman–Crippen MR) is 119 cm³/mol. The van der Waals surface area contributed by atoms with Crippen LogP contribution in [0.5, 0.6) is 0 Å². The number of fused-ring (bicyclic) bond motifs is 3. The number of benzene rings is 2. The van der Waals surface area contributed by atoms with E-state index in [2.05, 4.69) is 68.7 Å². The van der Waals surface area contributed by atoms with Gasteiger partial charge in [0.1, 0.15) is 0 Å². The number of nitrogens with zero attached hydrogens (tertiary/aromatic N) is 3. The Morgan fingerprint density at radius 3 is 2.61 bits per heavy atom. The van der Waals surface area contributed by atoms with Gasteiger partial charge < -0.3 is 10.2 Å². The molecule has 4 aromatic rings. The minimum Gasteiger partial charge on any atom is -0.348 e. The fourth-order valence-corrected chi connectivity index (χ4v) is 4.30. The number of anilines is 1. The number of aromatic nitrogens is 2. The average molecular weight is 385 g/mol. The minimum atomic E-state index is 0.525. The highest BCUT2D eigenvalue weighted by Crippen LogP contribution is 2.31. The summed E-state index contributed by atoms with van der Waals surface area (Å²) in [6.07, 6.45) is 4.75. The van der Waals surface area contributed by atoms with Gasteiger partial charge in [0.2, 0.25) is 0 Å². The fourth-order valence-electron chi connectivity index (χ4n) is 4.03. The normalized spacial score (nSPS) is 16.6. The molecule has 5 heteroatoms. The molecule has 28 heavy (non-hydrogen) atoms. The molecule has 0 aliphatic carbocycles. The average Bonchev–Trinajstić information content (AvgIpc) is 3.25. The molecule has 0 spiro atoms. The summed E-state index contributed by atoms with van der Waals surface area (Å²) in [5, 5.41) is 6.33. The molecule has 1 unspecified atom stereocenters. The number of pyridine rings is 2. The summed E-state index contributed by atoms with van der Waals surface area (Å²) in [6.45, 7) is 1.90. The van der Waals surface area contributed by atoms with Gasteiger partial charge in [-0.25, -0.2) is 0 Å². The zero-order valence-electron chi connectivity index (χ0n) is 15.4. The molecule has 0 bridgehead atoms. The summed E-state index contributed by atoms with van der Waals surface area (Å²) in [5.41, 5.74) is 4.18. The quantitative estimate of drug-likeness (QED) is 0.390. The third-order valence-corrected chi connectivity index (χ3v) is 5.81. The first-order chi connectivity index (χ1) is 13.8. The van der Waals surface area contributed by atoms with E-state index in [-0.39, 0.29) is 0 Å². The minimum absolute atomic E-state index is 0.525. The van der Waals surface area contributed by atoms with E-state index in [0.29, 0.717) is 5.92 Å². The van der Waals surface area contributed by atoms with Gasteiger partial charge in [-0.05, 0) is 48.5 Å². The van der Waals surface area contributed by atoms with Crippen LogP contribution in [-0.4, -0.2) is 33.1 Å². The SMILES string of the molecule is S=C(Nc1cc2cccnc2c2cccnc12)N1CCC(c2ccccc2)C1. The standard InChI is InChI=1S/C23H20N4S/c28-23(27-13-10-18(15-27)16-6-2-1-3-7-16)26-20-14-17-8-4-11-24-21(17)19-9-5-12-25-22(19)20/h1-9,11-12,14,18H,10,13,15H2,(H,26,28). The van der Waals surface area contributed by atoms with Crippen LogP contribution in [0, 0.1) is 0 Å². The molecule has 1 atom stereocenters. The van der Waals surface area contributed by atoms with E-state index in [9.17, 15) is 0 Å². The molecule has 1 fully saturated rings. The second-order valence-electron chi connectivity index (χ2n) is 7.17. The molecule has 1 N–H and O–H groups in total. The van der Waals surface area contributed by atoms with E-state index in [4.69, 9.17) is 12.2 Å². The van der Waals surface area contributed by atoms with Gasteiger partial charge in [-0.1, -0.05) is 36.4 Å². The lowest BCUT2D eigenvalue weighted by Crippen LogP contribution is -2.32. The summed E-state index contributed by atoms with van der Waals surface area (Å²) in [7, 11) is 0. The molecular weight excluding hydrogens is 364 g/mol. The van der Waals surface area contributed by atoms with Crippen LogP contribution in [0.15, 0.2) is 73.1 Å². The van der Waals surface area contributed by atoms with E-state index in [1.54, 1.807) is 0 Å². The van der Waals surface area contributed by atoms with Crippen molar-refractivity contribution < 1.29 is 0 Å². The molecule has 5 rings (SSSR count). The molecule has 1 aliphatic heterocycles. The highest BCUT2D eigenvalue weighted by atomic mass is 32.1. The van der Waals surface area contributed by atoms with Crippen molar-refractivity contribution in [3.05, 3.63) is 78.6 Å². The molecule has 0 amide bonds. The van der Waals surface area contributed by atoms with Crippen LogP contribution < -0.4 is 5.32 Å². The monoisotopic (exact) mass is 384 g/mol. The number of nitrogens with one attached hydrogen (secondary N) is 1. The molecule has 1 saturated heterocycles. The van der Waals surface area contributed by atoms with Crippen LogP contribution in [0.2, 0.25) is 0 Å². The lowest BCUT2D eigenvalue weighted by atomic mass is 9.99. The highest BCUT2D eigenvalue weighted by Gasteiger charge is 2.25. The number of thiocarbonyl (C=S) groups is 1. The van der Waals surface area contributed by atoms with E-state index in [1.165, 1.54) is 5.56 Å². The van der Waals surface area contributed by atoms with Crippen LogP contribution in [0.1, 0.15) is 17.9 Å². The van der Waals surface area contributed by atoms with E-state index < -0.39 is 0 Å². The third-order valence-electron chi connectivity index (χ3n) is 5.44. The van der Waals surface area contributed by atoms with Gasteiger partial charge in [0.05, 0.1) is 16.7 Å². The molecule has 4 nitrogen and oxygen atoms in total. The van der Waals surface area contributed by atoms with Crippen molar-refractivity contribution in [3.8, 4) is 0 Å². The molecule has 2 aromatic carbocycles. The smallest absolute Gasteiger partial charge is 0.173 e. The molecule has 1 aliphatic rings. The Morgan fingerprint density at radius 1 is 0.964 bits per heavy atom. The zero-order chi connectivity index (χ0) is 18.9. The van der Waals surface area contributed by atoms with Gasteiger partial charge >= 0.3 is 0 Å². The lowest BCUT2D eigenvalue weighted by molar-refractivity contribution is 0.519. The predicted octanol–water partition coefficient (Wildman–Crippen LogP) is 4.97. The van der Waals surface area contributed by atoms with Crippen LogP contribution in [0.3, 0.4) is 0 Å². The van der Waals surface area contributed by atoms with Crippen molar-refractivity contribution in [2.45, 2.75) is 12.3 Å². The van der Waals surface area contributed by atoms with Gasteiger partial charge in [0.15, 0.2) is 5.11 Å². The Bertz CT molecular complexity index is 1160. The van der Waals surface area contributed by atoms with Crippen LogP contribution >= 0.6 is 12.2 Å². The number of likely N-dealkylation sites (tertiary alicyclic amines) is 1. The maximum atomic E-state index is 5.76. The van der Waals surface area contributed by atoms with Crippen LogP contribution in [0.4, 0.5) is 5.69 Å². The Morgan fingerprint density at radius 2 is 1.75 bits per heavy atom. The first-order valence-electron chi connectivity index (χ1n) is 9.53. The Hall–Kier alpha value is -3.05. The number of rotatable bonds is 2. The Balaban J connectivity index is 1.43. The number of hydrogen-bond acceptors (Lipinski definition) is 3. The second kappa shape index (κ2) is 7.17. The van der Waals surface area contributed by atoms with Gasteiger partial charge in [0.25, 0.3) is 0 Å². The third kappa shape index (κ3) is 3.08. The van der Waals surface area contributed by atoms with Gasteiger partial charge in [-0.3, -0.25) is 9.97 Å². The lowest BCUT2D eigenvalue weighted by Gasteiger charge is -2.21. The van der Waals surface area contributed by atoms with Gasteiger partial charge in [0, 0.05) is 42.2 Å². The fraction of sp³-hybridized carbons (Fsp3) is 0.174. The maximum Gasteiger partial charge on any atom is 0.173 e. The summed E-state index contributed by atoms with van der Waals surface area (Å²) >= 11 is 5.76. The maximum absolute atomic E-state index is 5.76. The van der Waals surface area contributed by atoms with Gasteiger partial charge in [-0.2, -0.15) is 0 Å². The van der Waals surface area contributed by atoms with Crippen molar-refractivity contribution in [2.24, 2.45) is 0 Å². The number of hydrogen-bond donors (Lipinski definition) is 1. The van der Waals surface area contributed by atoms with Crippen molar-refractivity contribution in [2.75, 3.05) is 18.4 Å². The first kappa shape index (κ1) is 17.1. The second-order valence-corrected chi connectivity index (χ2v) is 7.56. The largest absolute Gasteiger partial charge is 0.348 e. The zero-order valence-corrected chi connectivity index (χ0v) is 16.2. The highest BCUT2D eigenvalue weighted by molar-refractivity contribution is 7.80. The summed E-state index contributed by atoms with van der Waals surface area (Å²) in [5.74, 6) is 0.525. The Labute approximate surface area is 169 Å². The van der Waals surface area contributed by atoms with Crippen LogP contribution in [0.25, 0.3) is 21.8 Å². The van der Waals surface area contributed by atoms with Gasteiger partial charge in [-0.15, -0.1) is 0 Å². The van der Waals surface area contributed by atoms with Crippen molar-refractivity contribution in [1.82, 2.24) is 14.9 Å².